The first-order valence-electron chi connectivity index (χ1n) is 7.61. The Morgan fingerprint density at radius 2 is 1.90 bits per heavy atom. The topological polar surface area (TPSA) is 79.5 Å². The van der Waals surface area contributed by atoms with E-state index in [2.05, 4.69) is 29.5 Å². The van der Waals surface area contributed by atoms with Crippen molar-refractivity contribution in [2.45, 2.75) is 53.9 Å². The van der Waals surface area contributed by atoms with Gasteiger partial charge in [0.1, 0.15) is 0 Å². The number of hydrogen-bond donors (Lipinski definition) is 3. The number of aliphatic imine (C=N–C) groups is 1. The highest BCUT2D eigenvalue weighted by Crippen LogP contribution is 2.13. The number of hydrogen-bond acceptors (Lipinski definition) is 2. The van der Waals surface area contributed by atoms with Gasteiger partial charge in [0.2, 0.25) is 5.91 Å². The Bertz CT molecular complexity index is 311. The first-order chi connectivity index (χ1) is 9.29. The molecule has 0 aromatic carbocycles. The molecule has 0 saturated heterocycles. The summed E-state index contributed by atoms with van der Waals surface area (Å²) in [6.07, 6.45) is 3.60. The third-order valence-corrected chi connectivity index (χ3v) is 3.14. The van der Waals surface area contributed by atoms with Gasteiger partial charge < -0.3 is 16.4 Å². The molecule has 0 rings (SSSR count). The fourth-order valence-electron chi connectivity index (χ4n) is 1.58. The number of nitrogens with one attached hydrogen (secondary N) is 2. The van der Waals surface area contributed by atoms with Crippen LogP contribution in [0.3, 0.4) is 0 Å². The van der Waals surface area contributed by atoms with Crippen LogP contribution in [-0.2, 0) is 4.79 Å². The fourth-order valence-corrected chi connectivity index (χ4v) is 1.58. The summed E-state index contributed by atoms with van der Waals surface area (Å²) in [7, 11) is 0. The van der Waals surface area contributed by atoms with Crippen LogP contribution in [0.25, 0.3) is 0 Å². The second kappa shape index (κ2) is 9.61. The molecule has 0 heterocycles. The number of carbonyl (C=O) groups excluding carboxylic acids is 1. The molecular weight excluding hydrogens is 252 g/mol. The molecule has 0 atom stereocenters. The molecule has 0 aliphatic heterocycles. The lowest BCUT2D eigenvalue weighted by molar-refractivity contribution is -0.125. The molecular formula is C15H32N4O. The van der Waals surface area contributed by atoms with Gasteiger partial charge in [0.15, 0.2) is 5.96 Å². The van der Waals surface area contributed by atoms with Gasteiger partial charge >= 0.3 is 0 Å². The lowest BCUT2D eigenvalue weighted by atomic mass is 9.93. The molecule has 118 valence electrons. The molecule has 0 aromatic rings. The standard InChI is InChI=1S/C15H32N4O/c1-6-17-14(18-10-8-7-9-12(2)3)19-11-15(4,5)13(16)20/h12H,6-11H2,1-5H3,(H2,16,20)(H2,17,18,19). The molecule has 4 N–H and O–H groups in total. The van der Waals surface area contributed by atoms with Gasteiger partial charge in [-0.05, 0) is 33.1 Å². The summed E-state index contributed by atoms with van der Waals surface area (Å²) in [6, 6.07) is 0. The van der Waals surface area contributed by atoms with Crippen LogP contribution in [0.4, 0.5) is 0 Å². The highest BCUT2D eigenvalue weighted by atomic mass is 16.1. The molecule has 5 nitrogen and oxygen atoms in total. The smallest absolute Gasteiger partial charge is 0.224 e. The maximum absolute atomic E-state index is 11.3. The predicted molar refractivity (Wildman–Crippen MR) is 85.6 cm³/mol. The summed E-state index contributed by atoms with van der Waals surface area (Å²) >= 11 is 0. The van der Waals surface area contributed by atoms with E-state index in [-0.39, 0.29) is 5.91 Å². The van der Waals surface area contributed by atoms with E-state index in [1.54, 1.807) is 0 Å². The normalized spacial score (nSPS) is 12.6. The molecule has 0 aromatic heterocycles. The first kappa shape index (κ1) is 18.7. The molecule has 0 saturated carbocycles. The second-order valence-electron chi connectivity index (χ2n) is 6.26. The van der Waals surface area contributed by atoms with E-state index in [1.165, 1.54) is 12.8 Å². The number of nitrogens with two attached hydrogens (primary N) is 1. The Morgan fingerprint density at radius 1 is 1.25 bits per heavy atom. The highest BCUT2D eigenvalue weighted by Gasteiger charge is 2.24. The van der Waals surface area contributed by atoms with Gasteiger partial charge in [0.05, 0.1) is 12.0 Å². The summed E-state index contributed by atoms with van der Waals surface area (Å²) in [4.78, 5) is 15.7. The number of unbranched alkanes of at least 4 members (excludes halogenated alkanes) is 1. The maximum Gasteiger partial charge on any atom is 0.224 e. The van der Waals surface area contributed by atoms with Crippen molar-refractivity contribution < 1.29 is 4.79 Å². The van der Waals surface area contributed by atoms with Crippen molar-refractivity contribution in [2.75, 3.05) is 19.6 Å². The summed E-state index contributed by atoms with van der Waals surface area (Å²) in [5.41, 5.74) is 4.74. The van der Waals surface area contributed by atoms with Crippen molar-refractivity contribution in [3.8, 4) is 0 Å². The average molecular weight is 284 g/mol. The highest BCUT2D eigenvalue weighted by molar-refractivity contribution is 5.82. The number of guanidine groups is 1. The molecule has 0 fully saturated rings. The van der Waals surface area contributed by atoms with Gasteiger partial charge in [-0.15, -0.1) is 0 Å². The number of nitrogens with zero attached hydrogens (tertiary/aromatic N) is 1. The lowest BCUT2D eigenvalue weighted by Crippen LogP contribution is -2.40. The molecule has 1 amide bonds. The van der Waals surface area contributed by atoms with Gasteiger partial charge in [-0.3, -0.25) is 9.79 Å². The largest absolute Gasteiger partial charge is 0.369 e. The molecule has 0 spiro atoms. The number of carbonyl (C=O) groups is 1. The van der Waals surface area contributed by atoms with Crippen LogP contribution in [0, 0.1) is 11.3 Å². The summed E-state index contributed by atoms with van der Waals surface area (Å²) in [6.45, 7) is 12.2. The predicted octanol–water partition coefficient (Wildman–Crippen LogP) is 1.88. The third kappa shape index (κ3) is 8.77. The average Bonchev–Trinajstić information content (AvgIpc) is 2.34. The molecule has 0 radical (unpaired) electrons. The van der Waals surface area contributed by atoms with E-state index in [4.69, 9.17) is 5.73 Å². The monoisotopic (exact) mass is 284 g/mol. The van der Waals surface area contributed by atoms with Crippen molar-refractivity contribution >= 4 is 11.9 Å². The quantitative estimate of drug-likeness (QED) is 0.343. The maximum atomic E-state index is 11.3. The number of rotatable bonds is 9. The molecule has 5 heteroatoms. The van der Waals surface area contributed by atoms with Crippen LogP contribution in [0.5, 0.6) is 0 Å². The van der Waals surface area contributed by atoms with Crippen molar-refractivity contribution in [3.05, 3.63) is 0 Å². The van der Waals surface area contributed by atoms with E-state index in [0.717, 1.165) is 31.4 Å². The minimum atomic E-state index is -0.611. The Labute approximate surface area is 123 Å². The van der Waals surface area contributed by atoms with Crippen LogP contribution in [0.1, 0.15) is 53.9 Å². The van der Waals surface area contributed by atoms with Gasteiger partial charge in [-0.25, -0.2) is 0 Å². The molecule has 0 bridgehead atoms. The zero-order valence-electron chi connectivity index (χ0n) is 13.8. The van der Waals surface area contributed by atoms with Crippen LogP contribution in [-0.4, -0.2) is 31.5 Å². The zero-order valence-corrected chi connectivity index (χ0v) is 13.8. The van der Waals surface area contributed by atoms with Crippen molar-refractivity contribution in [1.82, 2.24) is 10.6 Å². The Hall–Kier alpha value is -1.26. The van der Waals surface area contributed by atoms with Gasteiger partial charge in [-0.2, -0.15) is 0 Å². The van der Waals surface area contributed by atoms with Crippen molar-refractivity contribution in [1.29, 1.82) is 0 Å². The van der Waals surface area contributed by atoms with Gasteiger partial charge in [0, 0.05) is 13.1 Å². The van der Waals surface area contributed by atoms with E-state index in [0.29, 0.717) is 6.54 Å². The lowest BCUT2D eigenvalue weighted by Gasteiger charge is -2.19. The molecule has 20 heavy (non-hydrogen) atoms. The van der Waals surface area contributed by atoms with E-state index >= 15 is 0 Å². The minimum Gasteiger partial charge on any atom is -0.369 e. The number of amides is 1. The minimum absolute atomic E-state index is 0.325. The Kier molecular flexibility index (Phi) is 9.01. The molecule has 0 unspecified atom stereocenters. The Balaban J connectivity index is 4.18. The third-order valence-electron chi connectivity index (χ3n) is 3.14. The summed E-state index contributed by atoms with van der Waals surface area (Å²) < 4.78 is 0. The van der Waals surface area contributed by atoms with Crippen LogP contribution in [0.2, 0.25) is 0 Å². The van der Waals surface area contributed by atoms with Crippen LogP contribution < -0.4 is 16.4 Å². The molecule has 0 aliphatic rings. The van der Waals surface area contributed by atoms with Gasteiger partial charge in [0.25, 0.3) is 0 Å². The van der Waals surface area contributed by atoms with E-state index in [9.17, 15) is 4.79 Å². The Morgan fingerprint density at radius 3 is 2.40 bits per heavy atom. The van der Waals surface area contributed by atoms with E-state index in [1.807, 2.05) is 20.8 Å². The van der Waals surface area contributed by atoms with Crippen molar-refractivity contribution in [3.63, 3.8) is 0 Å². The number of primary amides is 1. The fraction of sp³-hybridized carbons (Fsp3) is 0.867. The van der Waals surface area contributed by atoms with E-state index < -0.39 is 5.41 Å². The van der Waals surface area contributed by atoms with Gasteiger partial charge in [-0.1, -0.05) is 26.7 Å². The van der Waals surface area contributed by atoms with Crippen molar-refractivity contribution in [2.24, 2.45) is 22.1 Å². The zero-order chi connectivity index (χ0) is 15.6. The summed E-state index contributed by atoms with van der Waals surface area (Å²) in [5.74, 6) is 1.19. The van der Waals surface area contributed by atoms with Crippen LogP contribution >= 0.6 is 0 Å². The molecule has 0 aliphatic carbocycles. The SMILES string of the molecule is CCNC(=NCC(C)(C)C(N)=O)NCCCCC(C)C. The van der Waals surface area contributed by atoms with Crippen LogP contribution in [0.15, 0.2) is 4.99 Å². The first-order valence-corrected chi connectivity index (χ1v) is 7.61. The summed E-state index contributed by atoms with van der Waals surface area (Å²) in [5, 5.41) is 6.47. The second-order valence-corrected chi connectivity index (χ2v) is 6.26.